The van der Waals surface area contributed by atoms with Crippen molar-refractivity contribution in [1.29, 1.82) is 0 Å². The lowest BCUT2D eigenvalue weighted by molar-refractivity contribution is 0.0276. The van der Waals surface area contributed by atoms with Crippen LogP contribution < -0.4 is 0 Å². The molecule has 1 N–H and O–H groups in total. The maximum Gasteiger partial charge on any atom is 0.184 e. The van der Waals surface area contributed by atoms with Crippen molar-refractivity contribution in [2.75, 3.05) is 13.2 Å². The number of rotatable bonds is 12. The highest BCUT2D eigenvalue weighted by Gasteiger charge is 2.38. The molecule has 1 aliphatic rings. The Bertz CT molecular complexity index is 173. The second-order valence-electron chi connectivity index (χ2n) is 4.90. The number of unbranched alkanes of at least 4 members (excludes halogenated alkanes) is 7. The summed E-state index contributed by atoms with van der Waals surface area (Å²) in [6.07, 6.45) is 12.2. The van der Waals surface area contributed by atoms with E-state index < -0.39 is 0 Å². The third kappa shape index (κ3) is 7.74. The molecule has 2 atom stereocenters. The van der Waals surface area contributed by atoms with Crippen LogP contribution in [-0.2, 0) is 9.47 Å². The van der Waals surface area contributed by atoms with Gasteiger partial charge in [-0.3, -0.25) is 0 Å². The van der Waals surface area contributed by atoms with Gasteiger partial charge in [0.15, 0.2) is 6.29 Å². The molecular weight excluding hydrogens is 216 g/mol. The maximum absolute atomic E-state index is 8.58. The van der Waals surface area contributed by atoms with Crippen LogP contribution in [0.25, 0.3) is 0 Å². The number of aliphatic hydroxyl groups excluding tert-OH is 1. The second-order valence-corrected chi connectivity index (χ2v) is 4.90. The second kappa shape index (κ2) is 9.86. The van der Waals surface area contributed by atoms with E-state index in [-0.39, 0.29) is 12.9 Å². The molecular formula is C14H28O3. The van der Waals surface area contributed by atoms with Gasteiger partial charge in [0.25, 0.3) is 0 Å². The fraction of sp³-hybridized carbons (Fsp3) is 1.00. The highest BCUT2D eigenvalue weighted by atomic mass is 16.8. The van der Waals surface area contributed by atoms with Crippen molar-refractivity contribution in [3.8, 4) is 0 Å². The van der Waals surface area contributed by atoms with Crippen molar-refractivity contribution in [2.24, 2.45) is 0 Å². The Hall–Kier alpha value is -0.120. The predicted octanol–water partition coefficient (Wildman–Crippen LogP) is 3.25. The van der Waals surface area contributed by atoms with Gasteiger partial charge in [-0.2, -0.15) is 0 Å². The quantitative estimate of drug-likeness (QED) is 0.423. The molecule has 0 saturated carbocycles. The molecule has 0 spiro atoms. The van der Waals surface area contributed by atoms with E-state index in [1.54, 1.807) is 0 Å². The molecule has 3 nitrogen and oxygen atoms in total. The Labute approximate surface area is 105 Å². The largest absolute Gasteiger partial charge is 0.394 e. The lowest BCUT2D eigenvalue weighted by atomic mass is 10.1. The predicted molar refractivity (Wildman–Crippen MR) is 68.9 cm³/mol. The van der Waals surface area contributed by atoms with Gasteiger partial charge in [-0.25, -0.2) is 0 Å². The highest BCUT2D eigenvalue weighted by molar-refractivity contribution is 4.76. The zero-order valence-electron chi connectivity index (χ0n) is 11.2. The standard InChI is InChI=1S/C14H28O3/c1-2-3-4-5-6-7-8-9-10-13-14(17-13)16-12-11-15/h13-15H,2-12H2,1H3. The van der Waals surface area contributed by atoms with Gasteiger partial charge in [0, 0.05) is 0 Å². The van der Waals surface area contributed by atoms with Crippen LogP contribution in [0.15, 0.2) is 0 Å². The third-order valence-corrected chi connectivity index (χ3v) is 3.25. The molecule has 1 fully saturated rings. The van der Waals surface area contributed by atoms with Crippen molar-refractivity contribution in [2.45, 2.75) is 77.1 Å². The topological polar surface area (TPSA) is 42.0 Å². The van der Waals surface area contributed by atoms with E-state index in [2.05, 4.69) is 6.92 Å². The molecule has 2 unspecified atom stereocenters. The van der Waals surface area contributed by atoms with E-state index in [0.29, 0.717) is 12.7 Å². The van der Waals surface area contributed by atoms with Crippen molar-refractivity contribution < 1.29 is 14.6 Å². The summed E-state index contributed by atoms with van der Waals surface area (Å²) >= 11 is 0. The minimum Gasteiger partial charge on any atom is -0.394 e. The molecule has 0 radical (unpaired) electrons. The fourth-order valence-electron chi connectivity index (χ4n) is 2.13. The molecule has 102 valence electrons. The molecule has 0 aromatic heterocycles. The Kier molecular flexibility index (Phi) is 8.67. The van der Waals surface area contributed by atoms with E-state index >= 15 is 0 Å². The molecule has 0 aliphatic carbocycles. The first-order valence-electron chi connectivity index (χ1n) is 7.26. The van der Waals surface area contributed by atoms with E-state index in [4.69, 9.17) is 14.6 Å². The van der Waals surface area contributed by atoms with Gasteiger partial charge in [-0.05, 0) is 6.42 Å². The van der Waals surface area contributed by atoms with Crippen LogP contribution in [0.1, 0.15) is 64.7 Å². The zero-order valence-corrected chi connectivity index (χ0v) is 11.2. The Morgan fingerprint density at radius 1 is 1.00 bits per heavy atom. The number of hydrogen-bond acceptors (Lipinski definition) is 3. The van der Waals surface area contributed by atoms with E-state index in [9.17, 15) is 0 Å². The first-order chi connectivity index (χ1) is 8.38. The Morgan fingerprint density at radius 3 is 2.29 bits per heavy atom. The number of ether oxygens (including phenoxy) is 2. The van der Waals surface area contributed by atoms with Gasteiger partial charge in [-0.15, -0.1) is 0 Å². The van der Waals surface area contributed by atoms with Gasteiger partial charge in [0.1, 0.15) is 6.10 Å². The number of epoxide rings is 1. The summed E-state index contributed by atoms with van der Waals surface area (Å²) in [6, 6.07) is 0. The monoisotopic (exact) mass is 244 g/mol. The van der Waals surface area contributed by atoms with Crippen molar-refractivity contribution >= 4 is 0 Å². The first kappa shape index (κ1) is 14.9. The van der Waals surface area contributed by atoms with Crippen LogP contribution in [0, 0.1) is 0 Å². The fourth-order valence-corrected chi connectivity index (χ4v) is 2.13. The molecule has 1 heterocycles. The van der Waals surface area contributed by atoms with Crippen LogP contribution in [0.3, 0.4) is 0 Å². The minimum atomic E-state index is -0.0216. The first-order valence-corrected chi connectivity index (χ1v) is 7.26. The summed E-state index contributed by atoms with van der Waals surface area (Å²) in [7, 11) is 0. The minimum absolute atomic E-state index is 0.0216. The van der Waals surface area contributed by atoms with Crippen LogP contribution >= 0.6 is 0 Å². The normalized spacial score (nSPS) is 22.9. The zero-order chi connectivity index (χ0) is 12.3. The summed E-state index contributed by atoms with van der Waals surface area (Å²) in [5.74, 6) is 0. The molecule has 0 aromatic rings. The highest BCUT2D eigenvalue weighted by Crippen LogP contribution is 2.28. The van der Waals surface area contributed by atoms with Gasteiger partial charge in [0.2, 0.25) is 0 Å². The van der Waals surface area contributed by atoms with E-state index in [1.165, 1.54) is 51.4 Å². The molecule has 1 rings (SSSR count). The van der Waals surface area contributed by atoms with Crippen molar-refractivity contribution in [1.82, 2.24) is 0 Å². The van der Waals surface area contributed by atoms with Gasteiger partial charge in [0.05, 0.1) is 13.2 Å². The summed E-state index contributed by atoms with van der Waals surface area (Å²) in [4.78, 5) is 0. The molecule has 17 heavy (non-hydrogen) atoms. The van der Waals surface area contributed by atoms with Crippen LogP contribution in [0.5, 0.6) is 0 Å². The van der Waals surface area contributed by atoms with Gasteiger partial charge >= 0.3 is 0 Å². The summed E-state index contributed by atoms with van der Waals surface area (Å²) < 4.78 is 10.6. The van der Waals surface area contributed by atoms with Gasteiger partial charge < -0.3 is 14.6 Å². The average molecular weight is 244 g/mol. The summed E-state index contributed by atoms with van der Waals surface area (Å²) in [6.45, 7) is 2.74. The van der Waals surface area contributed by atoms with E-state index in [1.807, 2.05) is 0 Å². The lowest BCUT2D eigenvalue weighted by Gasteiger charge is -2.00. The maximum atomic E-state index is 8.58. The Balaban J connectivity index is 1.74. The smallest absolute Gasteiger partial charge is 0.184 e. The lowest BCUT2D eigenvalue weighted by Crippen LogP contribution is -2.04. The molecule has 3 heteroatoms. The molecule has 0 aromatic carbocycles. The van der Waals surface area contributed by atoms with Gasteiger partial charge in [-0.1, -0.05) is 58.3 Å². The van der Waals surface area contributed by atoms with Crippen LogP contribution in [0.2, 0.25) is 0 Å². The van der Waals surface area contributed by atoms with Crippen LogP contribution in [-0.4, -0.2) is 30.7 Å². The van der Waals surface area contributed by atoms with Crippen molar-refractivity contribution in [3.05, 3.63) is 0 Å². The van der Waals surface area contributed by atoms with Crippen molar-refractivity contribution in [3.63, 3.8) is 0 Å². The molecule has 0 amide bonds. The molecule has 1 aliphatic heterocycles. The van der Waals surface area contributed by atoms with E-state index in [0.717, 1.165) is 6.42 Å². The van der Waals surface area contributed by atoms with Crippen LogP contribution in [0.4, 0.5) is 0 Å². The number of aliphatic hydroxyl groups is 1. The average Bonchev–Trinajstić information content (AvgIpc) is 3.09. The Morgan fingerprint density at radius 2 is 1.65 bits per heavy atom. The molecule has 1 saturated heterocycles. The third-order valence-electron chi connectivity index (χ3n) is 3.25. The molecule has 0 bridgehead atoms. The number of hydrogen-bond donors (Lipinski definition) is 1. The SMILES string of the molecule is CCCCCCCCCCC1OC1OCCO. The summed E-state index contributed by atoms with van der Waals surface area (Å²) in [5.41, 5.74) is 0. The summed E-state index contributed by atoms with van der Waals surface area (Å²) in [5, 5.41) is 8.58.